The first-order valence-electron chi connectivity index (χ1n) is 11.7. The first-order chi connectivity index (χ1) is 15.0. The summed E-state index contributed by atoms with van der Waals surface area (Å²) in [4.78, 5) is 43.1. The molecule has 4 heterocycles. The highest BCUT2D eigenvalue weighted by Gasteiger charge is 2.57. The standard InChI is InChI=1S/C24H31N3O4/c28-21-18-2-1-3-19(14-18)22(29)27-13-8-20(23(30)31)15-24(21,27)26-11-6-17(7-12-26)16-4-9-25-10-5-16/h1-3,14,16-17,20,25H,4-13,15H2,(H,30,31). The normalized spacial score (nSPS) is 30.7. The van der Waals surface area contributed by atoms with Gasteiger partial charge in [0.15, 0.2) is 5.66 Å². The van der Waals surface area contributed by atoms with E-state index in [0.29, 0.717) is 30.0 Å². The minimum absolute atomic E-state index is 0.119. The third-order valence-corrected chi connectivity index (χ3v) is 8.12. The van der Waals surface area contributed by atoms with E-state index in [9.17, 15) is 19.5 Å². The highest BCUT2D eigenvalue weighted by Crippen LogP contribution is 2.43. The second kappa shape index (κ2) is 8.02. The number of aliphatic carboxylic acids is 1. The Balaban J connectivity index is 1.48. The number of carbonyl (C=O) groups excluding carboxylic acids is 2. The van der Waals surface area contributed by atoms with Gasteiger partial charge in [-0.15, -0.1) is 0 Å². The van der Waals surface area contributed by atoms with Gasteiger partial charge in [0.05, 0.1) is 5.92 Å². The number of likely N-dealkylation sites (tertiary alicyclic amines) is 1. The van der Waals surface area contributed by atoms with Crippen LogP contribution in [-0.4, -0.2) is 71.0 Å². The van der Waals surface area contributed by atoms with E-state index in [1.54, 1.807) is 29.2 Å². The van der Waals surface area contributed by atoms with Gasteiger partial charge in [-0.3, -0.25) is 19.3 Å². The summed E-state index contributed by atoms with van der Waals surface area (Å²) in [5.74, 6) is -0.411. The molecule has 7 nitrogen and oxygen atoms in total. The van der Waals surface area contributed by atoms with Crippen LogP contribution in [0.3, 0.4) is 0 Å². The van der Waals surface area contributed by atoms with Crippen LogP contribution in [-0.2, 0) is 4.79 Å². The van der Waals surface area contributed by atoms with Crippen molar-refractivity contribution in [2.24, 2.45) is 17.8 Å². The lowest BCUT2D eigenvalue weighted by Gasteiger charge is -2.54. The van der Waals surface area contributed by atoms with Crippen LogP contribution in [0.15, 0.2) is 24.3 Å². The molecule has 2 unspecified atom stereocenters. The topological polar surface area (TPSA) is 90.0 Å². The molecular weight excluding hydrogens is 394 g/mol. The number of nitrogens with zero attached hydrogens (tertiary/aromatic N) is 2. The SMILES string of the molecule is O=C(O)C1CCN2C(=O)c3cccc(c3)C(=O)C2(N2CCC(C3CCNCC3)CC2)C1. The molecule has 0 aliphatic carbocycles. The first-order valence-corrected chi connectivity index (χ1v) is 11.7. The van der Waals surface area contributed by atoms with Crippen LogP contribution in [0.2, 0.25) is 0 Å². The molecular formula is C24H31N3O4. The average molecular weight is 426 g/mol. The Morgan fingerprint density at radius 3 is 2.35 bits per heavy atom. The quantitative estimate of drug-likeness (QED) is 0.772. The lowest BCUT2D eigenvalue weighted by atomic mass is 9.76. The van der Waals surface area contributed by atoms with E-state index in [1.165, 1.54) is 12.8 Å². The average Bonchev–Trinajstić information content (AvgIpc) is 2.88. The molecule has 2 bridgehead atoms. The van der Waals surface area contributed by atoms with Crippen LogP contribution < -0.4 is 5.32 Å². The summed E-state index contributed by atoms with van der Waals surface area (Å²) < 4.78 is 0. The van der Waals surface area contributed by atoms with E-state index < -0.39 is 17.6 Å². The van der Waals surface area contributed by atoms with Gasteiger partial charge >= 0.3 is 5.97 Å². The maximum absolute atomic E-state index is 13.9. The molecule has 4 aliphatic heterocycles. The van der Waals surface area contributed by atoms with Crippen LogP contribution in [0, 0.1) is 17.8 Å². The second-order valence-electron chi connectivity index (χ2n) is 9.62. The maximum Gasteiger partial charge on any atom is 0.306 e. The summed E-state index contributed by atoms with van der Waals surface area (Å²) in [5, 5.41) is 13.2. The molecule has 0 radical (unpaired) electrons. The van der Waals surface area contributed by atoms with Crippen molar-refractivity contribution < 1.29 is 19.5 Å². The molecule has 3 saturated heterocycles. The summed E-state index contributed by atoms with van der Waals surface area (Å²) in [7, 11) is 0. The van der Waals surface area contributed by atoms with Gasteiger partial charge in [0, 0.05) is 37.2 Å². The van der Waals surface area contributed by atoms with Crippen molar-refractivity contribution in [3.63, 3.8) is 0 Å². The number of benzene rings is 1. The van der Waals surface area contributed by atoms with Gasteiger partial charge in [0.1, 0.15) is 0 Å². The Morgan fingerprint density at radius 1 is 0.968 bits per heavy atom. The van der Waals surface area contributed by atoms with E-state index in [1.807, 2.05) is 0 Å². The number of carboxylic acid groups (broad SMARTS) is 1. The highest BCUT2D eigenvalue weighted by molar-refractivity contribution is 6.11. The van der Waals surface area contributed by atoms with Crippen LogP contribution in [0.25, 0.3) is 0 Å². The Bertz CT molecular complexity index is 889. The Labute approximate surface area is 182 Å². The van der Waals surface area contributed by atoms with E-state index in [-0.39, 0.29) is 18.1 Å². The molecule has 2 N–H and O–H groups in total. The van der Waals surface area contributed by atoms with E-state index in [0.717, 1.165) is 44.9 Å². The van der Waals surface area contributed by atoms with Crippen molar-refractivity contribution in [3.8, 4) is 0 Å². The van der Waals surface area contributed by atoms with Crippen LogP contribution in [0.5, 0.6) is 0 Å². The zero-order chi connectivity index (χ0) is 21.6. The van der Waals surface area contributed by atoms with Gasteiger partial charge in [-0.1, -0.05) is 12.1 Å². The molecule has 4 aliphatic rings. The molecule has 31 heavy (non-hydrogen) atoms. The highest BCUT2D eigenvalue weighted by atomic mass is 16.4. The summed E-state index contributed by atoms with van der Waals surface area (Å²) >= 11 is 0. The Hall–Kier alpha value is -2.25. The largest absolute Gasteiger partial charge is 0.481 e. The van der Waals surface area contributed by atoms with Crippen molar-refractivity contribution in [3.05, 3.63) is 35.4 Å². The van der Waals surface area contributed by atoms with E-state index in [2.05, 4.69) is 10.2 Å². The van der Waals surface area contributed by atoms with Gasteiger partial charge < -0.3 is 15.3 Å². The van der Waals surface area contributed by atoms with Crippen molar-refractivity contribution >= 4 is 17.7 Å². The van der Waals surface area contributed by atoms with Crippen molar-refractivity contribution in [1.29, 1.82) is 0 Å². The smallest absolute Gasteiger partial charge is 0.306 e. The van der Waals surface area contributed by atoms with Crippen LogP contribution >= 0.6 is 0 Å². The zero-order valence-corrected chi connectivity index (χ0v) is 17.9. The van der Waals surface area contributed by atoms with Crippen molar-refractivity contribution in [2.45, 2.75) is 44.2 Å². The third kappa shape index (κ3) is 3.38. The number of piperidine rings is 3. The lowest BCUT2D eigenvalue weighted by molar-refractivity contribution is -0.148. The molecule has 1 amide bonds. The number of hydrogen-bond acceptors (Lipinski definition) is 5. The molecule has 5 rings (SSSR count). The number of ketones is 1. The number of carboxylic acids is 1. The van der Waals surface area contributed by atoms with Gasteiger partial charge in [0.25, 0.3) is 5.91 Å². The van der Waals surface area contributed by atoms with Crippen molar-refractivity contribution in [1.82, 2.24) is 15.1 Å². The first kappa shape index (κ1) is 20.6. The summed E-state index contributed by atoms with van der Waals surface area (Å²) in [5.41, 5.74) is -0.154. The number of carbonyl (C=O) groups is 3. The fourth-order valence-electron chi connectivity index (χ4n) is 6.40. The molecule has 1 aromatic carbocycles. The predicted octanol–water partition coefficient (Wildman–Crippen LogP) is 2.23. The van der Waals surface area contributed by atoms with Gasteiger partial charge in [-0.05, 0) is 69.2 Å². The number of nitrogens with one attached hydrogen (secondary N) is 1. The molecule has 0 spiro atoms. The predicted molar refractivity (Wildman–Crippen MR) is 115 cm³/mol. The molecule has 1 aromatic rings. The molecule has 2 atom stereocenters. The monoisotopic (exact) mass is 425 g/mol. The second-order valence-corrected chi connectivity index (χ2v) is 9.62. The molecule has 0 saturated carbocycles. The third-order valence-electron chi connectivity index (χ3n) is 8.12. The fraction of sp³-hybridized carbons (Fsp3) is 0.625. The van der Waals surface area contributed by atoms with Crippen LogP contribution in [0.4, 0.5) is 0 Å². The number of Topliss-reactive ketones (excluding diaryl/α,β-unsaturated/α-hetero) is 1. The fourth-order valence-corrected chi connectivity index (χ4v) is 6.40. The minimum Gasteiger partial charge on any atom is -0.481 e. The summed E-state index contributed by atoms with van der Waals surface area (Å²) in [6, 6.07) is 6.95. The Morgan fingerprint density at radius 2 is 1.65 bits per heavy atom. The summed E-state index contributed by atoms with van der Waals surface area (Å²) in [6.07, 6.45) is 4.95. The molecule has 166 valence electrons. The molecule has 7 heteroatoms. The maximum atomic E-state index is 13.9. The Kier molecular flexibility index (Phi) is 5.34. The number of hydrogen-bond donors (Lipinski definition) is 2. The van der Waals surface area contributed by atoms with Gasteiger partial charge in [-0.25, -0.2) is 0 Å². The van der Waals surface area contributed by atoms with Gasteiger partial charge in [0.2, 0.25) is 5.78 Å². The lowest BCUT2D eigenvalue weighted by Crippen LogP contribution is -2.70. The van der Waals surface area contributed by atoms with E-state index >= 15 is 0 Å². The van der Waals surface area contributed by atoms with Crippen molar-refractivity contribution in [2.75, 3.05) is 32.7 Å². The molecule has 0 aromatic heterocycles. The van der Waals surface area contributed by atoms with Gasteiger partial charge in [-0.2, -0.15) is 0 Å². The number of amides is 1. The summed E-state index contributed by atoms with van der Waals surface area (Å²) in [6.45, 7) is 3.91. The number of fused-ring (bicyclic) bond motifs is 3. The zero-order valence-electron chi connectivity index (χ0n) is 17.9. The minimum atomic E-state index is -1.19. The van der Waals surface area contributed by atoms with E-state index in [4.69, 9.17) is 0 Å². The molecule has 3 fully saturated rings. The van der Waals surface area contributed by atoms with Crippen LogP contribution in [0.1, 0.15) is 59.2 Å². The number of rotatable bonds is 3.